The van der Waals surface area contributed by atoms with Gasteiger partial charge in [0.2, 0.25) is 17.7 Å². The largest absolute Gasteiger partial charge is 0.355 e. The molecule has 0 spiro atoms. The second kappa shape index (κ2) is 18.1. The van der Waals surface area contributed by atoms with Gasteiger partial charge in [-0.25, -0.2) is 0 Å². The van der Waals surface area contributed by atoms with Crippen LogP contribution in [0.15, 0.2) is 60.7 Å². The van der Waals surface area contributed by atoms with Gasteiger partial charge in [-0.15, -0.1) is 0 Å². The number of carbonyl (C=O) groups excluding carboxylic acids is 3. The van der Waals surface area contributed by atoms with Crippen molar-refractivity contribution in [3.05, 3.63) is 71.8 Å². The van der Waals surface area contributed by atoms with Crippen LogP contribution in [0.25, 0.3) is 0 Å². The van der Waals surface area contributed by atoms with Gasteiger partial charge >= 0.3 is 0 Å². The second-order valence-electron chi connectivity index (χ2n) is 11.3. The van der Waals surface area contributed by atoms with Crippen molar-refractivity contribution in [3.8, 4) is 0 Å². The fourth-order valence-corrected chi connectivity index (χ4v) is 7.65. The minimum absolute atomic E-state index is 0.0153. The molecule has 2 saturated heterocycles. The first-order valence-electron chi connectivity index (χ1n) is 15.3. The summed E-state index contributed by atoms with van der Waals surface area (Å²) in [4.78, 5) is 38.3. The highest BCUT2D eigenvalue weighted by molar-refractivity contribution is 7.85. The predicted octanol–water partition coefficient (Wildman–Crippen LogP) is 4.03. The molecule has 2 aliphatic rings. The lowest BCUT2D eigenvalue weighted by atomic mass is 10.0. The van der Waals surface area contributed by atoms with E-state index in [-0.39, 0.29) is 40.9 Å². The number of amides is 3. The first kappa shape index (κ1) is 34.6. The van der Waals surface area contributed by atoms with E-state index >= 15 is 0 Å². The molecule has 2 aliphatic heterocycles. The average molecular weight is 630 g/mol. The molecule has 3 amide bonds. The minimum Gasteiger partial charge on any atom is -0.355 e. The molecule has 8 nitrogen and oxygen atoms in total. The van der Waals surface area contributed by atoms with Crippen LogP contribution < -0.4 is 5.32 Å². The van der Waals surface area contributed by atoms with E-state index in [1.54, 1.807) is 24.3 Å². The van der Waals surface area contributed by atoms with Crippen molar-refractivity contribution in [2.45, 2.75) is 75.5 Å². The van der Waals surface area contributed by atoms with Crippen molar-refractivity contribution in [1.82, 2.24) is 15.1 Å². The van der Waals surface area contributed by atoms with Crippen LogP contribution in [0.3, 0.4) is 0 Å². The molecule has 2 aromatic carbocycles. The lowest BCUT2D eigenvalue weighted by Gasteiger charge is -2.43. The molecule has 0 bridgehead atoms. The molecular weight excluding hydrogens is 583 g/mol. The van der Waals surface area contributed by atoms with E-state index in [1.807, 2.05) is 24.3 Å². The first-order valence-corrected chi connectivity index (χ1v) is 18.5. The van der Waals surface area contributed by atoms with Gasteiger partial charge < -0.3 is 15.1 Å². The highest BCUT2D eigenvalue weighted by atomic mass is 32.2. The number of nitrogens with zero attached hydrogens (tertiary/aromatic N) is 2. The standard InChI is InChI=1S/C19H28N2O3S.C14H19NO2S/c1-15-18(23)21(19(15)25(2)24)14-17(22)20-13-9-4-3-6-10-16-11-7-5-8-12-16;1-18(17)14-11-13(16)15(14)10-6-5-9-12-7-3-2-4-8-12/h5,7-8,11-12,15,19H,3-4,6,9-10,13-14H2,1-2H3,(H,20,22);2-4,7-8,14H,5-6,9-11H2,1H3. The van der Waals surface area contributed by atoms with Crippen LogP contribution in [0.4, 0.5) is 0 Å². The summed E-state index contributed by atoms with van der Waals surface area (Å²) in [5.41, 5.74) is 2.70. The molecule has 0 aliphatic carbocycles. The van der Waals surface area contributed by atoms with Gasteiger partial charge in [-0.05, 0) is 49.7 Å². The summed E-state index contributed by atoms with van der Waals surface area (Å²) in [6.07, 6.45) is 12.2. The summed E-state index contributed by atoms with van der Waals surface area (Å²) in [5.74, 6) is -0.352. The van der Waals surface area contributed by atoms with Crippen molar-refractivity contribution in [1.29, 1.82) is 0 Å². The summed E-state index contributed by atoms with van der Waals surface area (Å²) in [6.45, 7) is 3.15. The smallest absolute Gasteiger partial charge is 0.239 e. The topological polar surface area (TPSA) is 104 Å². The molecular formula is C33H47N3O5S2. The van der Waals surface area contributed by atoms with E-state index in [0.29, 0.717) is 13.0 Å². The van der Waals surface area contributed by atoms with Crippen LogP contribution in [0.1, 0.15) is 63.0 Å². The van der Waals surface area contributed by atoms with E-state index in [2.05, 4.69) is 41.7 Å². The van der Waals surface area contributed by atoms with Gasteiger partial charge in [0.15, 0.2) is 0 Å². The lowest BCUT2D eigenvalue weighted by molar-refractivity contribution is -0.152. The van der Waals surface area contributed by atoms with E-state index in [1.165, 1.54) is 16.0 Å². The third-order valence-electron chi connectivity index (χ3n) is 7.98. The quantitative estimate of drug-likeness (QED) is 0.223. The minimum atomic E-state index is -1.12. The van der Waals surface area contributed by atoms with Crippen LogP contribution in [0.5, 0.6) is 0 Å². The number of nitrogens with one attached hydrogen (secondary N) is 1. The van der Waals surface area contributed by atoms with Gasteiger partial charge in [-0.1, -0.05) is 80.4 Å². The Balaban J connectivity index is 0.000000248. The monoisotopic (exact) mass is 629 g/mol. The number of aryl methyl sites for hydroxylation is 2. The number of likely N-dealkylation sites (tertiary alicyclic amines) is 2. The van der Waals surface area contributed by atoms with E-state index in [9.17, 15) is 22.8 Å². The van der Waals surface area contributed by atoms with Crippen molar-refractivity contribution < 1.29 is 22.8 Å². The molecule has 2 aromatic rings. The summed E-state index contributed by atoms with van der Waals surface area (Å²) < 4.78 is 23.0. The molecule has 1 N–H and O–H groups in total. The Morgan fingerprint density at radius 1 is 0.791 bits per heavy atom. The summed E-state index contributed by atoms with van der Waals surface area (Å²) in [5, 5.41) is 2.50. The number of hydrogen-bond donors (Lipinski definition) is 1. The maximum Gasteiger partial charge on any atom is 0.239 e. The van der Waals surface area contributed by atoms with E-state index in [4.69, 9.17) is 0 Å². The van der Waals surface area contributed by atoms with Gasteiger partial charge in [0.25, 0.3) is 0 Å². The number of carbonyl (C=O) groups is 3. The first-order chi connectivity index (χ1) is 20.7. The zero-order valence-corrected chi connectivity index (χ0v) is 27.4. The van der Waals surface area contributed by atoms with E-state index < -0.39 is 21.6 Å². The third kappa shape index (κ3) is 11.0. The Bertz CT molecular complexity index is 1230. The maximum absolute atomic E-state index is 11.9. The van der Waals surface area contributed by atoms with Crippen LogP contribution in [-0.4, -0.2) is 78.8 Å². The Kier molecular flexibility index (Phi) is 14.6. The van der Waals surface area contributed by atoms with Crippen LogP contribution in [0.2, 0.25) is 0 Å². The van der Waals surface area contributed by atoms with Gasteiger partial charge in [-0.2, -0.15) is 0 Å². The molecule has 0 saturated carbocycles. The van der Waals surface area contributed by atoms with E-state index in [0.717, 1.165) is 57.9 Å². The van der Waals surface area contributed by atoms with Crippen molar-refractivity contribution in [3.63, 3.8) is 0 Å². The number of unbranched alkanes of at least 4 members (excludes halogenated alkanes) is 4. The molecule has 0 aromatic heterocycles. The van der Waals surface area contributed by atoms with Crippen LogP contribution in [-0.2, 0) is 48.8 Å². The highest BCUT2D eigenvalue weighted by Crippen LogP contribution is 2.27. The summed E-state index contributed by atoms with van der Waals surface area (Å²) >= 11 is 0. The van der Waals surface area contributed by atoms with Crippen molar-refractivity contribution in [2.75, 3.05) is 32.1 Å². The Hall–Kier alpha value is -2.85. The molecule has 43 heavy (non-hydrogen) atoms. The maximum atomic E-state index is 11.9. The summed E-state index contributed by atoms with van der Waals surface area (Å²) in [6, 6.07) is 20.8. The van der Waals surface area contributed by atoms with Gasteiger partial charge in [0, 0.05) is 47.2 Å². The van der Waals surface area contributed by atoms with Gasteiger partial charge in [-0.3, -0.25) is 22.8 Å². The molecule has 5 unspecified atom stereocenters. The molecule has 10 heteroatoms. The number of β-lactam (4-membered cyclic amide) rings is 2. The molecule has 4 rings (SSSR count). The summed E-state index contributed by atoms with van der Waals surface area (Å²) in [7, 11) is -2.03. The third-order valence-corrected chi connectivity index (χ3v) is 10.5. The zero-order valence-electron chi connectivity index (χ0n) is 25.7. The molecule has 0 radical (unpaired) electrons. The Labute approximate surface area is 261 Å². The molecule has 5 atom stereocenters. The molecule has 2 fully saturated rings. The number of hydrogen-bond acceptors (Lipinski definition) is 5. The number of rotatable bonds is 16. The lowest BCUT2D eigenvalue weighted by Crippen LogP contribution is -2.63. The highest BCUT2D eigenvalue weighted by Gasteiger charge is 2.47. The normalized spacial score (nSPS) is 20.8. The van der Waals surface area contributed by atoms with Gasteiger partial charge in [0.05, 0.1) is 12.3 Å². The fraction of sp³-hybridized carbons (Fsp3) is 0.545. The average Bonchev–Trinajstić information content (AvgIpc) is 2.99. The van der Waals surface area contributed by atoms with Crippen molar-refractivity contribution >= 4 is 39.3 Å². The van der Waals surface area contributed by atoms with Crippen molar-refractivity contribution in [2.24, 2.45) is 5.92 Å². The zero-order chi connectivity index (χ0) is 31.2. The number of benzene rings is 2. The molecule has 2 heterocycles. The predicted molar refractivity (Wildman–Crippen MR) is 174 cm³/mol. The Morgan fingerprint density at radius 2 is 1.35 bits per heavy atom. The SMILES string of the molecule is CC1C(=O)N(CC(=O)NCCCCCCc2ccccc2)C1S(C)=O.CS(=O)C1CC(=O)N1CCCCc1ccccc1. The molecule has 236 valence electrons. The van der Waals surface area contributed by atoms with Crippen LogP contribution in [0, 0.1) is 5.92 Å². The Morgan fingerprint density at radius 3 is 1.88 bits per heavy atom. The van der Waals surface area contributed by atoms with Gasteiger partial charge in [0.1, 0.15) is 17.3 Å². The second-order valence-corrected chi connectivity index (χ2v) is 14.4. The van der Waals surface area contributed by atoms with Crippen LogP contribution >= 0.6 is 0 Å². The fourth-order valence-electron chi connectivity index (χ4n) is 5.47.